The first-order valence-corrected chi connectivity index (χ1v) is 9.94. The van der Waals surface area contributed by atoms with Crippen LogP contribution >= 0.6 is 0 Å². The lowest BCUT2D eigenvalue weighted by molar-refractivity contribution is 0.149. The molecular weight excluding hydrogens is 386 g/mol. The number of ether oxygens (including phenoxy) is 3. The largest absolute Gasteiger partial charge is 0.494 e. The predicted molar refractivity (Wildman–Crippen MR) is 112 cm³/mol. The lowest BCUT2D eigenvalue weighted by Gasteiger charge is -2.15. The third-order valence-corrected chi connectivity index (χ3v) is 4.56. The van der Waals surface area contributed by atoms with Crippen molar-refractivity contribution in [3.05, 3.63) is 71.2 Å². The molecule has 2 aromatic heterocycles. The second-order valence-corrected chi connectivity index (χ2v) is 6.76. The number of unbranched alkanes of at least 4 members (excludes halogenated alkanes) is 2. The van der Waals surface area contributed by atoms with Crippen molar-refractivity contribution in [2.45, 2.75) is 31.9 Å². The van der Waals surface area contributed by atoms with Gasteiger partial charge in [-0.15, -0.1) is 0 Å². The van der Waals surface area contributed by atoms with Crippen molar-refractivity contribution in [3.63, 3.8) is 0 Å². The second-order valence-electron chi connectivity index (χ2n) is 6.76. The number of nitrogens with one attached hydrogen (secondary N) is 1. The monoisotopic (exact) mass is 413 g/mol. The maximum absolute atomic E-state index is 11.6. The van der Waals surface area contributed by atoms with E-state index in [4.69, 9.17) is 14.2 Å². The van der Waals surface area contributed by atoms with E-state index in [0.717, 1.165) is 25.0 Å². The van der Waals surface area contributed by atoms with E-state index in [1.54, 1.807) is 19.4 Å². The topological polar surface area (TPSA) is 98.6 Å². The molecular formula is C22H27N3O5. The predicted octanol–water partition coefficient (Wildman–Crippen LogP) is 2.94. The van der Waals surface area contributed by atoms with Gasteiger partial charge >= 0.3 is 5.69 Å². The first kappa shape index (κ1) is 21.4. The second kappa shape index (κ2) is 11.1. The molecule has 0 saturated carbocycles. The third kappa shape index (κ3) is 6.12. The van der Waals surface area contributed by atoms with E-state index in [-0.39, 0.29) is 12.2 Å². The summed E-state index contributed by atoms with van der Waals surface area (Å²) in [6.45, 7) is 1.28. The van der Waals surface area contributed by atoms with E-state index in [1.807, 2.05) is 30.3 Å². The van der Waals surface area contributed by atoms with Crippen LogP contribution in [0.1, 0.15) is 31.1 Å². The van der Waals surface area contributed by atoms with E-state index in [0.29, 0.717) is 30.4 Å². The summed E-state index contributed by atoms with van der Waals surface area (Å²) in [6.07, 6.45) is 6.43. The summed E-state index contributed by atoms with van der Waals surface area (Å²) >= 11 is 0. The fraction of sp³-hybridized carbons (Fsp3) is 0.364. The van der Waals surface area contributed by atoms with Crippen LogP contribution in [0.15, 0.2) is 59.8 Å². The average Bonchev–Trinajstić information content (AvgIpc) is 3.18. The van der Waals surface area contributed by atoms with Crippen molar-refractivity contribution in [2.24, 2.45) is 0 Å². The van der Waals surface area contributed by atoms with Crippen LogP contribution in [0.4, 0.5) is 0 Å². The van der Waals surface area contributed by atoms with Crippen LogP contribution in [0.3, 0.4) is 0 Å². The molecule has 0 aliphatic rings. The summed E-state index contributed by atoms with van der Waals surface area (Å²) in [6, 6.07) is 11.4. The highest BCUT2D eigenvalue weighted by atomic mass is 16.5. The lowest BCUT2D eigenvalue weighted by Crippen LogP contribution is -2.20. The van der Waals surface area contributed by atoms with Gasteiger partial charge in [0.05, 0.1) is 38.8 Å². The van der Waals surface area contributed by atoms with Crippen LogP contribution in [0.2, 0.25) is 0 Å². The van der Waals surface area contributed by atoms with Crippen molar-refractivity contribution >= 4 is 0 Å². The Bertz CT molecular complexity index is 955. The molecule has 0 spiro atoms. The Morgan fingerprint density at radius 1 is 1.10 bits per heavy atom. The number of aromatic amines is 1. The minimum absolute atomic E-state index is 0.0997. The Morgan fingerprint density at radius 3 is 2.57 bits per heavy atom. The molecule has 160 valence electrons. The molecule has 8 heteroatoms. The van der Waals surface area contributed by atoms with Crippen molar-refractivity contribution in [2.75, 3.05) is 20.3 Å². The van der Waals surface area contributed by atoms with Gasteiger partial charge in [-0.25, -0.2) is 4.79 Å². The number of aromatic nitrogens is 3. The average molecular weight is 413 g/mol. The molecule has 0 fully saturated rings. The molecule has 8 nitrogen and oxygen atoms in total. The Labute approximate surface area is 175 Å². The summed E-state index contributed by atoms with van der Waals surface area (Å²) in [7, 11) is 1.54. The number of methoxy groups -OCH3 is 1. The molecule has 0 bridgehead atoms. The third-order valence-electron chi connectivity index (χ3n) is 4.56. The van der Waals surface area contributed by atoms with Gasteiger partial charge in [-0.05, 0) is 31.4 Å². The maximum Gasteiger partial charge on any atom is 0.325 e. The number of aliphatic hydroxyl groups excluding tert-OH is 1. The number of rotatable bonds is 12. The Morgan fingerprint density at radius 2 is 1.87 bits per heavy atom. The summed E-state index contributed by atoms with van der Waals surface area (Å²) < 4.78 is 18.2. The molecule has 0 saturated heterocycles. The Balaban J connectivity index is 1.45. The van der Waals surface area contributed by atoms with Gasteiger partial charge in [-0.1, -0.05) is 18.2 Å². The van der Waals surface area contributed by atoms with Crippen LogP contribution in [0.25, 0.3) is 0 Å². The minimum Gasteiger partial charge on any atom is -0.494 e. The van der Waals surface area contributed by atoms with Crippen molar-refractivity contribution in [1.29, 1.82) is 0 Å². The maximum atomic E-state index is 11.6. The number of H-pyrrole nitrogens is 1. The zero-order valence-electron chi connectivity index (χ0n) is 17.0. The van der Waals surface area contributed by atoms with Gasteiger partial charge < -0.3 is 24.3 Å². The molecule has 2 N–H and O–H groups in total. The van der Waals surface area contributed by atoms with Crippen molar-refractivity contribution in [3.8, 4) is 17.2 Å². The first-order chi connectivity index (χ1) is 14.7. The molecule has 0 aliphatic heterocycles. The molecule has 0 amide bonds. The fourth-order valence-corrected chi connectivity index (χ4v) is 2.93. The van der Waals surface area contributed by atoms with Gasteiger partial charge in [0.15, 0.2) is 11.5 Å². The van der Waals surface area contributed by atoms with Crippen LogP contribution in [-0.4, -0.2) is 40.0 Å². The highest BCUT2D eigenvalue weighted by Gasteiger charge is 2.15. The molecule has 1 unspecified atom stereocenters. The number of hydrogen-bond acceptors (Lipinski definition) is 6. The van der Waals surface area contributed by atoms with Crippen LogP contribution in [-0.2, 0) is 6.54 Å². The van der Waals surface area contributed by atoms with Crippen molar-refractivity contribution in [1.82, 2.24) is 14.5 Å². The molecule has 0 aliphatic carbocycles. The summed E-state index contributed by atoms with van der Waals surface area (Å²) in [5, 5.41) is 10.4. The minimum atomic E-state index is -0.943. The summed E-state index contributed by atoms with van der Waals surface area (Å²) in [5.74, 6) is 1.89. The quantitative estimate of drug-likeness (QED) is 0.443. The highest BCUT2D eigenvalue weighted by Crippen LogP contribution is 2.29. The van der Waals surface area contributed by atoms with Crippen LogP contribution in [0.5, 0.6) is 17.2 Å². The molecule has 0 radical (unpaired) electrons. The van der Waals surface area contributed by atoms with E-state index in [1.165, 1.54) is 17.0 Å². The molecule has 3 rings (SSSR count). The molecule has 1 aromatic carbocycles. The standard InChI is InChI=1S/C22H27N3O5/c1-28-21-15-24-18(19(26)16-25-11-10-23-22(25)27)14-20(21)30-13-7-3-6-12-29-17-8-4-2-5-9-17/h2,4-5,8-11,14-15,19,26H,3,6-7,12-13,16H2,1H3,(H,23,27). The smallest absolute Gasteiger partial charge is 0.325 e. The zero-order valence-corrected chi connectivity index (χ0v) is 17.0. The number of imidazole rings is 1. The number of benzene rings is 1. The molecule has 1 atom stereocenters. The highest BCUT2D eigenvalue weighted by molar-refractivity contribution is 5.39. The Hall–Kier alpha value is -3.26. The molecule has 2 heterocycles. The number of nitrogens with zero attached hydrogens (tertiary/aromatic N) is 2. The van der Waals surface area contributed by atoms with E-state index in [2.05, 4.69) is 9.97 Å². The first-order valence-electron chi connectivity index (χ1n) is 9.94. The summed E-state index contributed by atoms with van der Waals surface area (Å²) in [5.41, 5.74) is 0.130. The number of para-hydroxylation sites is 1. The van der Waals surface area contributed by atoms with Gasteiger partial charge in [0, 0.05) is 18.5 Å². The number of hydrogen-bond donors (Lipinski definition) is 2. The van der Waals surface area contributed by atoms with E-state index >= 15 is 0 Å². The normalized spacial score (nSPS) is 11.8. The fourth-order valence-electron chi connectivity index (χ4n) is 2.93. The van der Waals surface area contributed by atoms with Crippen molar-refractivity contribution < 1.29 is 19.3 Å². The van der Waals surface area contributed by atoms with Gasteiger partial charge in [-0.2, -0.15) is 0 Å². The van der Waals surface area contributed by atoms with E-state index < -0.39 is 6.10 Å². The number of aliphatic hydroxyl groups is 1. The molecule has 30 heavy (non-hydrogen) atoms. The van der Waals surface area contributed by atoms with Gasteiger partial charge in [0.1, 0.15) is 11.9 Å². The van der Waals surface area contributed by atoms with Gasteiger partial charge in [0.25, 0.3) is 0 Å². The SMILES string of the molecule is COc1cnc(C(O)Cn2cc[nH]c2=O)cc1OCCCCCOc1ccccc1. The summed E-state index contributed by atoms with van der Waals surface area (Å²) in [4.78, 5) is 18.4. The van der Waals surface area contributed by atoms with E-state index in [9.17, 15) is 9.90 Å². The Kier molecular flexibility index (Phi) is 7.91. The van der Waals surface area contributed by atoms with Gasteiger partial charge in [-0.3, -0.25) is 9.55 Å². The molecule has 3 aromatic rings. The zero-order chi connectivity index (χ0) is 21.2. The van der Waals surface area contributed by atoms with Crippen LogP contribution in [0, 0.1) is 0 Å². The number of pyridine rings is 1. The lowest BCUT2D eigenvalue weighted by atomic mass is 10.2. The van der Waals surface area contributed by atoms with Crippen LogP contribution < -0.4 is 19.9 Å². The van der Waals surface area contributed by atoms with Gasteiger partial charge in [0.2, 0.25) is 0 Å².